The number of hydrogen-bond acceptors (Lipinski definition) is 4. The van der Waals surface area contributed by atoms with E-state index in [-0.39, 0.29) is 12.2 Å². The molecule has 98 valence electrons. The summed E-state index contributed by atoms with van der Waals surface area (Å²) >= 11 is 0. The number of non-ortho nitro benzene ring substituents is 1. The van der Waals surface area contributed by atoms with Crippen molar-refractivity contribution in [3.05, 3.63) is 40.6 Å². The summed E-state index contributed by atoms with van der Waals surface area (Å²) < 4.78 is 1.50. The number of nitrogens with zero attached hydrogens (tertiary/aromatic N) is 2. The fourth-order valence-corrected chi connectivity index (χ4v) is 1.76. The monoisotopic (exact) mass is 262 g/mol. The number of nitrogens with two attached hydrogens (primary N) is 1. The smallest absolute Gasteiger partial charge is 0.318 e. The summed E-state index contributed by atoms with van der Waals surface area (Å²) in [5.41, 5.74) is 5.30. The summed E-state index contributed by atoms with van der Waals surface area (Å²) in [6, 6.07) is 5.13. The fourth-order valence-electron chi connectivity index (χ4n) is 1.76. The molecule has 0 saturated carbocycles. The number of carbonyl (C=O) groups is 2. The Kier molecular flexibility index (Phi) is 3.15. The van der Waals surface area contributed by atoms with E-state index in [9.17, 15) is 19.7 Å². The van der Waals surface area contributed by atoms with Crippen molar-refractivity contribution in [2.75, 3.05) is 0 Å². The molecule has 19 heavy (non-hydrogen) atoms. The van der Waals surface area contributed by atoms with E-state index in [1.807, 2.05) is 5.32 Å². The zero-order chi connectivity index (χ0) is 14.0. The van der Waals surface area contributed by atoms with Crippen molar-refractivity contribution in [1.82, 2.24) is 9.88 Å². The van der Waals surface area contributed by atoms with Gasteiger partial charge in [-0.05, 0) is 12.1 Å². The van der Waals surface area contributed by atoms with Crippen molar-refractivity contribution in [1.29, 1.82) is 0 Å². The van der Waals surface area contributed by atoms with Crippen LogP contribution in [-0.4, -0.2) is 21.4 Å². The third-order valence-electron chi connectivity index (χ3n) is 2.54. The lowest BCUT2D eigenvalue weighted by Crippen LogP contribution is -2.37. The van der Waals surface area contributed by atoms with Crippen LogP contribution < -0.4 is 11.1 Å². The minimum Gasteiger partial charge on any atom is -0.351 e. The largest absolute Gasteiger partial charge is 0.351 e. The maximum Gasteiger partial charge on any atom is 0.318 e. The van der Waals surface area contributed by atoms with Gasteiger partial charge in [0, 0.05) is 23.7 Å². The molecule has 2 rings (SSSR count). The van der Waals surface area contributed by atoms with Crippen LogP contribution in [0.5, 0.6) is 0 Å². The van der Waals surface area contributed by atoms with Crippen LogP contribution in [0.1, 0.15) is 0 Å². The van der Waals surface area contributed by atoms with Crippen molar-refractivity contribution in [2.24, 2.45) is 5.73 Å². The number of nitro benzene ring substituents is 1. The predicted octanol–water partition coefficient (Wildman–Crippen LogP) is 0.744. The van der Waals surface area contributed by atoms with E-state index < -0.39 is 16.9 Å². The van der Waals surface area contributed by atoms with Crippen LogP contribution in [0.15, 0.2) is 30.5 Å². The summed E-state index contributed by atoms with van der Waals surface area (Å²) in [7, 11) is 0. The Labute approximate surface area is 106 Å². The van der Waals surface area contributed by atoms with Crippen LogP contribution in [0.3, 0.4) is 0 Å². The first-order valence-corrected chi connectivity index (χ1v) is 5.30. The van der Waals surface area contributed by atoms with Gasteiger partial charge in [0.05, 0.1) is 10.4 Å². The molecule has 2 aromatic rings. The number of carbonyl (C=O) groups excluding carboxylic acids is 2. The van der Waals surface area contributed by atoms with Crippen LogP contribution >= 0.6 is 0 Å². The Bertz CT molecular complexity index is 676. The van der Waals surface area contributed by atoms with Crippen molar-refractivity contribution in [3.8, 4) is 0 Å². The summed E-state index contributed by atoms with van der Waals surface area (Å²) in [6.07, 6.45) is 1.61. The van der Waals surface area contributed by atoms with Gasteiger partial charge in [-0.3, -0.25) is 20.2 Å². The Morgan fingerprint density at radius 1 is 1.37 bits per heavy atom. The van der Waals surface area contributed by atoms with E-state index in [1.165, 1.54) is 16.7 Å². The minimum atomic E-state index is -0.938. The van der Waals surface area contributed by atoms with Crippen molar-refractivity contribution in [2.45, 2.75) is 6.54 Å². The summed E-state index contributed by atoms with van der Waals surface area (Å²) in [6.45, 7) is -0.145. The van der Waals surface area contributed by atoms with Gasteiger partial charge in [0.15, 0.2) is 0 Å². The molecule has 3 amide bonds. The third kappa shape index (κ3) is 2.68. The number of hydrogen-bond donors (Lipinski definition) is 2. The first-order valence-electron chi connectivity index (χ1n) is 5.30. The number of aromatic nitrogens is 1. The molecule has 0 spiro atoms. The molecule has 0 aliphatic carbocycles. The second-order valence-corrected chi connectivity index (χ2v) is 3.86. The highest BCUT2D eigenvalue weighted by Gasteiger charge is 2.11. The van der Waals surface area contributed by atoms with Crippen LogP contribution in [-0.2, 0) is 11.3 Å². The molecule has 0 aliphatic heterocycles. The minimum absolute atomic E-state index is 0.0669. The number of benzene rings is 1. The van der Waals surface area contributed by atoms with Gasteiger partial charge in [0.1, 0.15) is 6.54 Å². The average molecular weight is 262 g/mol. The second-order valence-electron chi connectivity index (χ2n) is 3.86. The summed E-state index contributed by atoms with van der Waals surface area (Å²) in [5, 5.41) is 13.4. The van der Waals surface area contributed by atoms with E-state index in [2.05, 4.69) is 0 Å². The Balaban J connectivity index is 2.33. The molecule has 0 bridgehead atoms. The Morgan fingerprint density at radius 2 is 2.11 bits per heavy atom. The lowest BCUT2D eigenvalue weighted by molar-refractivity contribution is -0.384. The molecule has 0 atom stereocenters. The number of primary amides is 1. The number of imide groups is 1. The SMILES string of the molecule is NC(=O)NC(=O)Cn1ccc2ccc([N+](=O)[O-])cc21. The van der Waals surface area contributed by atoms with Gasteiger partial charge in [-0.1, -0.05) is 0 Å². The van der Waals surface area contributed by atoms with Crippen LogP contribution in [0.2, 0.25) is 0 Å². The van der Waals surface area contributed by atoms with E-state index in [1.54, 1.807) is 18.3 Å². The molecule has 3 N–H and O–H groups in total. The molecule has 1 aromatic carbocycles. The van der Waals surface area contributed by atoms with Crippen LogP contribution in [0.4, 0.5) is 10.5 Å². The summed E-state index contributed by atoms with van der Waals surface area (Å²) in [5.74, 6) is -0.587. The molecule has 1 heterocycles. The molecule has 0 fully saturated rings. The van der Waals surface area contributed by atoms with Gasteiger partial charge in [0.25, 0.3) is 5.69 Å². The molecular formula is C11H10N4O4. The van der Waals surface area contributed by atoms with Crippen molar-refractivity contribution < 1.29 is 14.5 Å². The second kappa shape index (κ2) is 4.77. The maximum absolute atomic E-state index is 11.4. The quantitative estimate of drug-likeness (QED) is 0.626. The third-order valence-corrected chi connectivity index (χ3v) is 2.54. The van der Waals surface area contributed by atoms with Gasteiger partial charge in [-0.2, -0.15) is 0 Å². The molecular weight excluding hydrogens is 252 g/mol. The molecule has 0 radical (unpaired) electrons. The van der Waals surface area contributed by atoms with Crippen molar-refractivity contribution >= 4 is 28.5 Å². The topological polar surface area (TPSA) is 120 Å². The standard InChI is InChI=1S/C11H10N4O4/c12-11(17)13-10(16)6-14-4-3-7-1-2-8(15(18)19)5-9(7)14/h1-5H,6H2,(H3,12,13,16,17). The van der Waals surface area contributed by atoms with Crippen LogP contribution in [0.25, 0.3) is 10.9 Å². The maximum atomic E-state index is 11.4. The number of nitro groups is 1. The number of fused-ring (bicyclic) bond motifs is 1. The first-order chi connectivity index (χ1) is 8.97. The number of amides is 3. The summed E-state index contributed by atoms with van der Waals surface area (Å²) in [4.78, 5) is 32.1. The highest BCUT2D eigenvalue weighted by Crippen LogP contribution is 2.21. The lowest BCUT2D eigenvalue weighted by atomic mass is 10.2. The van der Waals surface area contributed by atoms with E-state index in [0.717, 1.165) is 5.39 Å². The molecule has 8 nitrogen and oxygen atoms in total. The molecule has 0 saturated heterocycles. The van der Waals surface area contributed by atoms with E-state index >= 15 is 0 Å². The zero-order valence-electron chi connectivity index (χ0n) is 9.70. The number of nitrogens with one attached hydrogen (secondary N) is 1. The Hall–Kier alpha value is -2.90. The number of urea groups is 1. The zero-order valence-corrected chi connectivity index (χ0v) is 9.70. The van der Waals surface area contributed by atoms with Gasteiger partial charge < -0.3 is 10.3 Å². The van der Waals surface area contributed by atoms with Gasteiger partial charge >= 0.3 is 6.03 Å². The van der Waals surface area contributed by atoms with Gasteiger partial charge in [-0.25, -0.2) is 4.79 Å². The molecule has 8 heteroatoms. The predicted molar refractivity (Wildman–Crippen MR) is 66.3 cm³/mol. The average Bonchev–Trinajstić information content (AvgIpc) is 2.70. The highest BCUT2D eigenvalue weighted by atomic mass is 16.6. The molecule has 0 unspecified atom stereocenters. The van der Waals surface area contributed by atoms with Gasteiger partial charge in [-0.15, -0.1) is 0 Å². The molecule has 1 aromatic heterocycles. The van der Waals surface area contributed by atoms with Gasteiger partial charge in [0.2, 0.25) is 5.91 Å². The van der Waals surface area contributed by atoms with Crippen LogP contribution in [0, 0.1) is 10.1 Å². The first kappa shape index (κ1) is 12.6. The molecule has 0 aliphatic rings. The fraction of sp³-hybridized carbons (Fsp3) is 0.0909. The van der Waals surface area contributed by atoms with E-state index in [4.69, 9.17) is 5.73 Å². The van der Waals surface area contributed by atoms with E-state index in [0.29, 0.717) is 5.52 Å². The lowest BCUT2D eigenvalue weighted by Gasteiger charge is -2.04. The highest BCUT2D eigenvalue weighted by molar-refractivity contribution is 5.94. The Morgan fingerprint density at radius 3 is 2.74 bits per heavy atom. The normalized spacial score (nSPS) is 10.3. The number of rotatable bonds is 3. The van der Waals surface area contributed by atoms with Crippen molar-refractivity contribution in [3.63, 3.8) is 0 Å².